The first-order valence-corrected chi connectivity index (χ1v) is 8.24. The van der Waals surface area contributed by atoms with Gasteiger partial charge in [0.2, 0.25) is 0 Å². The van der Waals surface area contributed by atoms with Gasteiger partial charge >= 0.3 is 0 Å². The van der Waals surface area contributed by atoms with Gasteiger partial charge in [-0.25, -0.2) is 0 Å². The molecule has 0 bridgehead atoms. The Hall–Kier alpha value is -2.30. The highest BCUT2D eigenvalue weighted by atomic mass is 16.5. The largest absolute Gasteiger partial charge is 0.385 e. The maximum absolute atomic E-state index is 5.31. The summed E-state index contributed by atoms with van der Waals surface area (Å²) < 4.78 is 10.4. The molecule has 2 N–H and O–H groups in total. The van der Waals surface area contributed by atoms with Gasteiger partial charge in [-0.3, -0.25) is 0 Å². The number of rotatable bonds is 8. The Morgan fingerprint density at radius 2 is 1.83 bits per heavy atom. The summed E-state index contributed by atoms with van der Waals surface area (Å²) in [5, 5.41) is 4.71. The van der Waals surface area contributed by atoms with Crippen molar-refractivity contribution in [1.82, 2.24) is 4.98 Å². The van der Waals surface area contributed by atoms with E-state index in [0.29, 0.717) is 6.61 Å². The van der Waals surface area contributed by atoms with Crippen LogP contribution < -0.4 is 5.32 Å². The van der Waals surface area contributed by atoms with Crippen LogP contribution in [0.5, 0.6) is 0 Å². The van der Waals surface area contributed by atoms with Gasteiger partial charge < -0.3 is 19.8 Å². The Labute approximate surface area is 142 Å². The fourth-order valence-corrected chi connectivity index (χ4v) is 2.91. The lowest BCUT2D eigenvalue weighted by molar-refractivity contribution is 0.185. The number of anilines is 1. The van der Waals surface area contributed by atoms with Gasteiger partial charge in [0.1, 0.15) is 0 Å². The van der Waals surface area contributed by atoms with E-state index in [0.717, 1.165) is 42.0 Å². The van der Waals surface area contributed by atoms with Crippen LogP contribution in [0.25, 0.3) is 22.2 Å². The summed E-state index contributed by atoms with van der Waals surface area (Å²) in [4.78, 5) is 3.56. The van der Waals surface area contributed by atoms with Gasteiger partial charge in [-0.2, -0.15) is 0 Å². The van der Waals surface area contributed by atoms with Crippen LogP contribution in [-0.2, 0) is 16.1 Å². The van der Waals surface area contributed by atoms with Gasteiger partial charge in [-0.1, -0.05) is 30.3 Å². The standard InChI is InChI=1S/C20H24N2O2/c1-23-10-6-9-21-19-12-15(14-24-2)11-17-13-18(22-20(17)19)16-7-4-3-5-8-16/h3-5,7-8,11-13,21-22H,6,9-10,14H2,1-2H3. The number of H-pyrrole nitrogens is 1. The Kier molecular flexibility index (Phi) is 5.51. The molecular formula is C20H24N2O2. The van der Waals surface area contributed by atoms with E-state index < -0.39 is 0 Å². The van der Waals surface area contributed by atoms with Crippen molar-refractivity contribution in [3.05, 3.63) is 54.1 Å². The highest BCUT2D eigenvalue weighted by Gasteiger charge is 2.09. The van der Waals surface area contributed by atoms with Crippen molar-refractivity contribution >= 4 is 16.6 Å². The molecule has 0 amide bonds. The molecule has 0 saturated heterocycles. The Morgan fingerprint density at radius 1 is 1.00 bits per heavy atom. The van der Waals surface area contributed by atoms with E-state index in [1.807, 2.05) is 6.07 Å². The van der Waals surface area contributed by atoms with E-state index in [-0.39, 0.29) is 0 Å². The number of aromatic amines is 1. The predicted octanol–water partition coefficient (Wildman–Crippen LogP) is 4.43. The average Bonchev–Trinajstić information content (AvgIpc) is 3.04. The highest BCUT2D eigenvalue weighted by molar-refractivity contribution is 5.95. The number of hydrogen-bond donors (Lipinski definition) is 2. The van der Waals surface area contributed by atoms with E-state index in [2.05, 4.69) is 52.8 Å². The number of nitrogens with one attached hydrogen (secondary N) is 2. The van der Waals surface area contributed by atoms with Crippen LogP contribution in [0.1, 0.15) is 12.0 Å². The second-order valence-electron chi connectivity index (χ2n) is 5.86. The first-order valence-electron chi connectivity index (χ1n) is 8.24. The van der Waals surface area contributed by atoms with Crippen LogP contribution in [-0.4, -0.2) is 32.4 Å². The van der Waals surface area contributed by atoms with Crippen molar-refractivity contribution in [2.24, 2.45) is 0 Å². The van der Waals surface area contributed by atoms with Gasteiger partial charge in [0.25, 0.3) is 0 Å². The summed E-state index contributed by atoms with van der Waals surface area (Å²) >= 11 is 0. The molecule has 0 aliphatic heterocycles. The molecule has 3 aromatic rings. The molecule has 1 aromatic heterocycles. The first-order chi connectivity index (χ1) is 11.8. The lowest BCUT2D eigenvalue weighted by atomic mass is 10.1. The van der Waals surface area contributed by atoms with Crippen molar-refractivity contribution in [2.75, 3.05) is 32.7 Å². The second kappa shape index (κ2) is 7.99. The minimum absolute atomic E-state index is 0.606. The molecule has 1 heterocycles. The number of aromatic nitrogens is 1. The lowest BCUT2D eigenvalue weighted by Crippen LogP contribution is -2.05. The summed E-state index contributed by atoms with van der Waals surface area (Å²) in [5.41, 5.74) is 5.72. The minimum Gasteiger partial charge on any atom is -0.385 e. The average molecular weight is 324 g/mol. The zero-order valence-electron chi connectivity index (χ0n) is 14.3. The van der Waals surface area contributed by atoms with Gasteiger partial charge in [0, 0.05) is 38.5 Å². The first kappa shape index (κ1) is 16.6. The van der Waals surface area contributed by atoms with Crippen molar-refractivity contribution < 1.29 is 9.47 Å². The molecule has 0 fully saturated rings. The second-order valence-corrected chi connectivity index (χ2v) is 5.86. The molecule has 4 nitrogen and oxygen atoms in total. The van der Waals surface area contributed by atoms with Crippen molar-refractivity contribution in [3.63, 3.8) is 0 Å². The van der Waals surface area contributed by atoms with Crippen LogP contribution in [0, 0.1) is 0 Å². The Bertz CT molecular complexity index is 781. The summed E-state index contributed by atoms with van der Waals surface area (Å²) in [6, 6.07) is 16.9. The molecule has 4 heteroatoms. The molecule has 24 heavy (non-hydrogen) atoms. The van der Waals surface area contributed by atoms with Crippen LogP contribution in [0.3, 0.4) is 0 Å². The zero-order valence-corrected chi connectivity index (χ0v) is 14.3. The zero-order chi connectivity index (χ0) is 16.8. The number of methoxy groups -OCH3 is 2. The van der Waals surface area contributed by atoms with E-state index in [1.54, 1.807) is 14.2 Å². The third kappa shape index (κ3) is 3.78. The van der Waals surface area contributed by atoms with Crippen molar-refractivity contribution in [2.45, 2.75) is 13.0 Å². The van der Waals surface area contributed by atoms with Gasteiger partial charge in [0.15, 0.2) is 0 Å². The number of ether oxygens (including phenoxy) is 2. The van der Waals surface area contributed by atoms with Crippen LogP contribution in [0.15, 0.2) is 48.5 Å². The Balaban J connectivity index is 1.95. The quantitative estimate of drug-likeness (QED) is 0.603. The third-order valence-corrected chi connectivity index (χ3v) is 4.02. The molecule has 126 valence electrons. The van der Waals surface area contributed by atoms with Crippen LogP contribution >= 0.6 is 0 Å². The molecule has 0 aliphatic rings. The monoisotopic (exact) mass is 324 g/mol. The summed E-state index contributed by atoms with van der Waals surface area (Å²) in [5.74, 6) is 0. The molecule has 0 aliphatic carbocycles. The van der Waals surface area contributed by atoms with Crippen molar-refractivity contribution in [1.29, 1.82) is 0 Å². The molecule has 2 aromatic carbocycles. The van der Waals surface area contributed by atoms with E-state index in [4.69, 9.17) is 9.47 Å². The molecular weight excluding hydrogens is 300 g/mol. The smallest absolute Gasteiger partial charge is 0.0714 e. The van der Waals surface area contributed by atoms with Crippen LogP contribution in [0.2, 0.25) is 0 Å². The number of fused-ring (bicyclic) bond motifs is 1. The SMILES string of the molecule is COCCCNc1cc(COC)cc2cc(-c3ccccc3)[nH]c12. The molecule has 0 radical (unpaired) electrons. The summed E-state index contributed by atoms with van der Waals surface area (Å²) in [7, 11) is 3.46. The van der Waals surface area contributed by atoms with E-state index in [9.17, 15) is 0 Å². The highest BCUT2D eigenvalue weighted by Crippen LogP contribution is 2.30. The van der Waals surface area contributed by atoms with Gasteiger partial charge in [-0.05, 0) is 35.7 Å². The molecule has 0 atom stereocenters. The minimum atomic E-state index is 0.606. The molecule has 3 rings (SSSR count). The van der Waals surface area contributed by atoms with E-state index >= 15 is 0 Å². The maximum atomic E-state index is 5.31. The predicted molar refractivity (Wildman–Crippen MR) is 99.4 cm³/mol. The maximum Gasteiger partial charge on any atom is 0.0714 e. The van der Waals surface area contributed by atoms with Gasteiger partial charge in [-0.15, -0.1) is 0 Å². The number of benzene rings is 2. The Morgan fingerprint density at radius 3 is 2.58 bits per heavy atom. The number of hydrogen-bond acceptors (Lipinski definition) is 3. The lowest BCUT2D eigenvalue weighted by Gasteiger charge is -2.10. The van der Waals surface area contributed by atoms with Crippen molar-refractivity contribution in [3.8, 4) is 11.3 Å². The topological polar surface area (TPSA) is 46.3 Å². The summed E-state index contributed by atoms with van der Waals surface area (Å²) in [6.07, 6.45) is 0.971. The third-order valence-electron chi connectivity index (χ3n) is 4.02. The fourth-order valence-electron chi connectivity index (χ4n) is 2.91. The fraction of sp³-hybridized carbons (Fsp3) is 0.300. The molecule has 0 saturated carbocycles. The van der Waals surface area contributed by atoms with Crippen LogP contribution in [0.4, 0.5) is 5.69 Å². The normalized spacial score (nSPS) is 11.1. The molecule has 0 unspecified atom stereocenters. The summed E-state index contributed by atoms with van der Waals surface area (Å²) in [6.45, 7) is 2.24. The van der Waals surface area contributed by atoms with E-state index in [1.165, 1.54) is 10.9 Å². The van der Waals surface area contributed by atoms with Gasteiger partial charge in [0.05, 0.1) is 17.8 Å². The molecule has 0 spiro atoms.